The lowest BCUT2D eigenvalue weighted by Gasteiger charge is -2.34. The van der Waals surface area contributed by atoms with Gasteiger partial charge in [-0.3, -0.25) is 14.5 Å². The molecule has 9 heteroatoms. The highest BCUT2D eigenvalue weighted by Crippen LogP contribution is 2.36. The van der Waals surface area contributed by atoms with Crippen LogP contribution in [0.3, 0.4) is 0 Å². The average Bonchev–Trinajstić information content (AvgIpc) is 3.42. The third-order valence-corrected chi connectivity index (χ3v) is 5.87. The first-order valence-corrected chi connectivity index (χ1v) is 10.8. The number of aryl methyl sites for hydroxylation is 1. The predicted molar refractivity (Wildman–Crippen MR) is 124 cm³/mol. The second-order valence-corrected chi connectivity index (χ2v) is 8.30. The molecule has 4 N–H and O–H groups in total. The van der Waals surface area contributed by atoms with Gasteiger partial charge in [-0.2, -0.15) is 5.10 Å². The van der Waals surface area contributed by atoms with Crippen molar-refractivity contribution >= 4 is 28.3 Å². The van der Waals surface area contributed by atoms with E-state index in [0.717, 1.165) is 53.8 Å². The number of piperidine rings is 1. The topological polar surface area (TPSA) is 118 Å². The summed E-state index contributed by atoms with van der Waals surface area (Å²) in [5, 5.41) is 8.29. The summed E-state index contributed by atoms with van der Waals surface area (Å²) in [4.78, 5) is 27.0. The number of nitrogens with zero attached hydrogens (tertiary/aromatic N) is 5. The van der Waals surface area contributed by atoms with Crippen molar-refractivity contribution in [3.63, 3.8) is 0 Å². The molecule has 0 spiro atoms. The first-order valence-electron chi connectivity index (χ1n) is 10.8. The lowest BCUT2D eigenvalue weighted by Crippen LogP contribution is -2.43. The quantitative estimate of drug-likeness (QED) is 0.448. The van der Waals surface area contributed by atoms with E-state index in [9.17, 15) is 4.79 Å². The van der Waals surface area contributed by atoms with Gasteiger partial charge in [0.2, 0.25) is 0 Å². The van der Waals surface area contributed by atoms with Gasteiger partial charge < -0.3 is 20.9 Å². The van der Waals surface area contributed by atoms with E-state index in [1.807, 2.05) is 25.3 Å². The molecule has 1 atom stereocenters. The first-order chi connectivity index (χ1) is 15.6. The van der Waals surface area contributed by atoms with Crippen LogP contribution in [0.25, 0.3) is 11.0 Å². The summed E-state index contributed by atoms with van der Waals surface area (Å²) in [7, 11) is 0. The maximum Gasteiger partial charge on any atom is 0.258 e. The Morgan fingerprint density at radius 3 is 2.97 bits per heavy atom. The van der Waals surface area contributed by atoms with Gasteiger partial charge in [0.05, 0.1) is 35.1 Å². The molecule has 0 unspecified atom stereocenters. The summed E-state index contributed by atoms with van der Waals surface area (Å²) in [5.41, 5.74) is 11.4. The minimum Gasteiger partial charge on any atom is -0.369 e. The summed E-state index contributed by atoms with van der Waals surface area (Å²) >= 11 is 0. The molecule has 0 radical (unpaired) electrons. The Kier molecular flexibility index (Phi) is 5.32. The molecule has 1 saturated heterocycles. The molecule has 164 valence electrons. The van der Waals surface area contributed by atoms with E-state index in [1.165, 1.54) is 0 Å². The summed E-state index contributed by atoms with van der Waals surface area (Å²) in [6, 6.07) is 4.00. The van der Waals surface area contributed by atoms with E-state index < -0.39 is 0 Å². The van der Waals surface area contributed by atoms with Crippen molar-refractivity contribution in [1.82, 2.24) is 24.7 Å². The number of carbonyl (C=O) groups excluding carboxylic acids is 1. The molecule has 1 amide bonds. The van der Waals surface area contributed by atoms with Crippen molar-refractivity contribution in [2.45, 2.75) is 32.4 Å². The smallest absolute Gasteiger partial charge is 0.258 e. The number of aromatic nitrogens is 5. The minimum atomic E-state index is -0.213. The molecule has 0 saturated carbocycles. The summed E-state index contributed by atoms with van der Waals surface area (Å²) in [6.07, 6.45) is 12.6. The molecule has 1 aliphatic rings. The largest absolute Gasteiger partial charge is 0.369 e. The number of aromatic amines is 1. The van der Waals surface area contributed by atoms with Gasteiger partial charge >= 0.3 is 0 Å². The number of hydrogen-bond acceptors (Lipinski definition) is 6. The van der Waals surface area contributed by atoms with Gasteiger partial charge in [-0.1, -0.05) is 0 Å². The maximum atomic E-state index is 13.0. The number of rotatable bonds is 5. The van der Waals surface area contributed by atoms with Crippen LogP contribution in [0.15, 0.2) is 49.3 Å². The van der Waals surface area contributed by atoms with Gasteiger partial charge in [-0.15, -0.1) is 0 Å². The Labute approximate surface area is 185 Å². The van der Waals surface area contributed by atoms with Crippen LogP contribution in [0.4, 0.5) is 11.4 Å². The van der Waals surface area contributed by atoms with Crippen LogP contribution in [0.1, 0.15) is 34.3 Å². The maximum absolute atomic E-state index is 13.0. The number of H-pyrrole nitrogens is 1. The Balaban J connectivity index is 1.41. The highest BCUT2D eigenvalue weighted by Gasteiger charge is 2.23. The second kappa shape index (κ2) is 8.43. The van der Waals surface area contributed by atoms with Crippen molar-refractivity contribution in [2.75, 3.05) is 23.3 Å². The third kappa shape index (κ3) is 3.94. The highest BCUT2D eigenvalue weighted by atomic mass is 16.1. The van der Waals surface area contributed by atoms with Gasteiger partial charge in [0.15, 0.2) is 0 Å². The lowest BCUT2D eigenvalue weighted by atomic mass is 10.0. The number of pyridine rings is 2. The van der Waals surface area contributed by atoms with E-state index in [1.54, 1.807) is 35.7 Å². The number of nitrogens with two attached hydrogens (primary N) is 1. The van der Waals surface area contributed by atoms with Gasteiger partial charge in [0.1, 0.15) is 5.65 Å². The van der Waals surface area contributed by atoms with Crippen LogP contribution < -0.4 is 16.0 Å². The number of amides is 1. The average molecular weight is 431 g/mol. The SMILES string of the molecule is Cc1cnc2[nH]cc(NC(=O)c3cnn(Cc4ccncc4)c3)c2c1N1CCC[C@@H](N)C1. The monoisotopic (exact) mass is 430 g/mol. The number of hydrogen-bond donors (Lipinski definition) is 3. The Morgan fingerprint density at radius 1 is 1.31 bits per heavy atom. The van der Waals surface area contributed by atoms with Crippen LogP contribution >= 0.6 is 0 Å². The molecule has 0 aliphatic carbocycles. The van der Waals surface area contributed by atoms with Crippen molar-refractivity contribution in [1.29, 1.82) is 0 Å². The zero-order valence-corrected chi connectivity index (χ0v) is 18.0. The summed E-state index contributed by atoms with van der Waals surface area (Å²) < 4.78 is 1.74. The van der Waals surface area contributed by atoms with E-state index in [0.29, 0.717) is 17.8 Å². The van der Waals surface area contributed by atoms with E-state index in [4.69, 9.17) is 5.73 Å². The molecule has 1 aliphatic heterocycles. The summed E-state index contributed by atoms with van der Waals surface area (Å²) in [5.74, 6) is -0.213. The highest BCUT2D eigenvalue weighted by molar-refractivity contribution is 6.11. The van der Waals surface area contributed by atoms with Crippen molar-refractivity contribution in [3.8, 4) is 0 Å². The number of carbonyl (C=O) groups is 1. The molecule has 0 bridgehead atoms. The molecular formula is C23H26N8O. The number of anilines is 2. The zero-order chi connectivity index (χ0) is 22.1. The van der Waals surface area contributed by atoms with Crippen LogP contribution in [0.5, 0.6) is 0 Å². The van der Waals surface area contributed by atoms with Crippen LogP contribution in [0.2, 0.25) is 0 Å². The molecule has 5 heterocycles. The fourth-order valence-corrected chi connectivity index (χ4v) is 4.33. The van der Waals surface area contributed by atoms with Crippen molar-refractivity contribution in [3.05, 3.63) is 66.0 Å². The van der Waals surface area contributed by atoms with Crippen molar-refractivity contribution < 1.29 is 4.79 Å². The van der Waals surface area contributed by atoms with Gasteiger partial charge in [0.25, 0.3) is 5.91 Å². The Morgan fingerprint density at radius 2 is 2.16 bits per heavy atom. The summed E-state index contributed by atoms with van der Waals surface area (Å²) in [6.45, 7) is 4.35. The van der Waals surface area contributed by atoms with E-state index in [2.05, 4.69) is 30.3 Å². The van der Waals surface area contributed by atoms with Gasteiger partial charge in [-0.05, 0) is 43.0 Å². The molecule has 5 rings (SSSR count). The van der Waals surface area contributed by atoms with E-state index >= 15 is 0 Å². The number of nitrogens with one attached hydrogen (secondary N) is 2. The van der Waals surface area contributed by atoms with E-state index in [-0.39, 0.29) is 11.9 Å². The third-order valence-electron chi connectivity index (χ3n) is 5.87. The lowest BCUT2D eigenvalue weighted by molar-refractivity contribution is 0.102. The molecule has 9 nitrogen and oxygen atoms in total. The normalized spacial score (nSPS) is 16.4. The van der Waals surface area contributed by atoms with Crippen LogP contribution in [-0.2, 0) is 6.54 Å². The number of fused-ring (bicyclic) bond motifs is 1. The van der Waals surface area contributed by atoms with Gasteiger partial charge in [0, 0.05) is 50.1 Å². The van der Waals surface area contributed by atoms with Gasteiger partial charge in [-0.25, -0.2) is 4.98 Å². The predicted octanol–water partition coefficient (Wildman–Crippen LogP) is 2.69. The zero-order valence-electron chi connectivity index (χ0n) is 18.0. The fraction of sp³-hybridized carbons (Fsp3) is 0.304. The van der Waals surface area contributed by atoms with Crippen LogP contribution in [0, 0.1) is 6.92 Å². The molecule has 4 aromatic heterocycles. The molecular weight excluding hydrogens is 404 g/mol. The second-order valence-electron chi connectivity index (χ2n) is 8.30. The Bertz CT molecular complexity index is 1250. The minimum absolute atomic E-state index is 0.148. The molecule has 32 heavy (non-hydrogen) atoms. The standard InChI is InChI=1S/C23H26N8O/c1-15-9-26-22-20(21(15)30-8-2-3-18(24)14-30)19(11-27-22)29-23(32)17-10-28-31(13-17)12-16-4-6-25-7-5-16/h4-7,9-11,13,18H,2-3,8,12,14,24H2,1H3,(H,26,27)(H,29,32)/t18-/m1/s1. The molecule has 0 aromatic carbocycles. The molecule has 1 fully saturated rings. The van der Waals surface area contributed by atoms with Crippen molar-refractivity contribution in [2.24, 2.45) is 5.73 Å². The first kappa shape index (κ1) is 20.2. The Hall–Kier alpha value is -3.72. The fourth-order valence-electron chi connectivity index (χ4n) is 4.33. The van der Waals surface area contributed by atoms with Crippen LogP contribution in [-0.4, -0.2) is 49.8 Å². The molecule has 4 aromatic rings.